The van der Waals surface area contributed by atoms with Gasteiger partial charge >= 0.3 is 5.97 Å². The van der Waals surface area contributed by atoms with E-state index in [0.29, 0.717) is 5.57 Å². The largest absolute Gasteiger partial charge is 0.478 e. The monoisotopic (exact) mass is 144 g/mol. The minimum atomic E-state index is -0.754. The van der Waals surface area contributed by atoms with E-state index < -0.39 is 5.97 Å². The van der Waals surface area contributed by atoms with E-state index in [-0.39, 0.29) is 0 Å². The van der Waals surface area contributed by atoms with E-state index in [0.717, 1.165) is 17.9 Å². The molecule has 50 valence electrons. The van der Waals surface area contributed by atoms with Gasteiger partial charge in [0, 0.05) is 11.3 Å². The van der Waals surface area contributed by atoms with Crippen molar-refractivity contribution in [2.45, 2.75) is 6.42 Å². The topological polar surface area (TPSA) is 37.3 Å². The lowest BCUT2D eigenvalue weighted by Gasteiger charge is -2.06. The van der Waals surface area contributed by atoms with Crippen molar-refractivity contribution in [2.24, 2.45) is 0 Å². The molecule has 1 rings (SSSR count). The smallest absolute Gasteiger partial charge is 0.331 e. The first-order valence-corrected chi connectivity index (χ1v) is 3.96. The van der Waals surface area contributed by atoms with Gasteiger partial charge in [0.2, 0.25) is 0 Å². The highest BCUT2D eigenvalue weighted by Gasteiger charge is 2.09. The summed E-state index contributed by atoms with van der Waals surface area (Å²) < 4.78 is 0. The van der Waals surface area contributed by atoms with Crippen LogP contribution >= 0.6 is 11.8 Å². The Morgan fingerprint density at radius 2 is 2.56 bits per heavy atom. The average molecular weight is 144 g/mol. The van der Waals surface area contributed by atoms with Crippen LogP contribution in [0, 0.1) is 0 Å². The van der Waals surface area contributed by atoms with Crippen molar-refractivity contribution >= 4 is 17.7 Å². The third-order valence-corrected chi connectivity index (χ3v) is 2.13. The van der Waals surface area contributed by atoms with E-state index in [1.807, 2.05) is 0 Å². The van der Waals surface area contributed by atoms with Gasteiger partial charge in [-0.15, -0.1) is 0 Å². The van der Waals surface area contributed by atoms with E-state index in [1.54, 1.807) is 17.8 Å². The molecule has 0 fully saturated rings. The number of hydrogen-bond donors (Lipinski definition) is 1. The standard InChI is InChI=1S/C6H8O2S/c7-6(8)5-1-3-9-4-2-5/h1H,2-4H2,(H,7,8). The van der Waals surface area contributed by atoms with Crippen molar-refractivity contribution in [1.82, 2.24) is 0 Å². The van der Waals surface area contributed by atoms with E-state index in [4.69, 9.17) is 5.11 Å². The first-order valence-electron chi connectivity index (χ1n) is 2.81. The van der Waals surface area contributed by atoms with E-state index >= 15 is 0 Å². The second kappa shape index (κ2) is 2.92. The Morgan fingerprint density at radius 3 is 2.89 bits per heavy atom. The summed E-state index contributed by atoms with van der Waals surface area (Å²) in [6, 6.07) is 0. The number of rotatable bonds is 1. The second-order valence-electron chi connectivity index (χ2n) is 1.86. The molecule has 0 unspecified atom stereocenters. The molecule has 0 spiro atoms. The molecule has 0 saturated heterocycles. The Kier molecular flexibility index (Phi) is 2.16. The number of hydrogen-bond acceptors (Lipinski definition) is 2. The summed E-state index contributed by atoms with van der Waals surface area (Å²) in [7, 11) is 0. The van der Waals surface area contributed by atoms with Crippen molar-refractivity contribution in [3.05, 3.63) is 11.6 Å². The van der Waals surface area contributed by atoms with Crippen LogP contribution in [0.4, 0.5) is 0 Å². The maximum Gasteiger partial charge on any atom is 0.331 e. The molecule has 1 aliphatic rings. The van der Waals surface area contributed by atoms with Crippen LogP contribution in [0.15, 0.2) is 11.6 Å². The van der Waals surface area contributed by atoms with Crippen LogP contribution in [0.2, 0.25) is 0 Å². The third-order valence-electron chi connectivity index (χ3n) is 1.24. The highest BCUT2D eigenvalue weighted by atomic mass is 32.2. The van der Waals surface area contributed by atoms with Crippen LogP contribution in [0.1, 0.15) is 6.42 Å². The molecule has 0 aliphatic carbocycles. The average Bonchev–Trinajstić information content (AvgIpc) is 1.90. The molecule has 0 aromatic heterocycles. The molecular weight excluding hydrogens is 136 g/mol. The van der Waals surface area contributed by atoms with Crippen molar-refractivity contribution in [1.29, 1.82) is 0 Å². The van der Waals surface area contributed by atoms with E-state index in [9.17, 15) is 4.79 Å². The van der Waals surface area contributed by atoms with Gasteiger partial charge in [-0.25, -0.2) is 4.79 Å². The van der Waals surface area contributed by atoms with Crippen LogP contribution in [-0.2, 0) is 4.79 Å². The molecular formula is C6H8O2S. The molecule has 0 radical (unpaired) electrons. The predicted molar refractivity (Wildman–Crippen MR) is 37.7 cm³/mol. The predicted octanol–water partition coefficient (Wildman–Crippen LogP) is 1.13. The summed E-state index contributed by atoms with van der Waals surface area (Å²) in [6.45, 7) is 0. The van der Waals surface area contributed by atoms with Gasteiger partial charge in [0.25, 0.3) is 0 Å². The van der Waals surface area contributed by atoms with Crippen LogP contribution < -0.4 is 0 Å². The highest BCUT2D eigenvalue weighted by molar-refractivity contribution is 7.99. The van der Waals surface area contributed by atoms with Crippen LogP contribution in [-0.4, -0.2) is 22.6 Å². The van der Waals surface area contributed by atoms with Gasteiger partial charge in [0.15, 0.2) is 0 Å². The van der Waals surface area contributed by atoms with Crippen molar-refractivity contribution in [3.8, 4) is 0 Å². The van der Waals surface area contributed by atoms with Crippen molar-refractivity contribution in [3.63, 3.8) is 0 Å². The summed E-state index contributed by atoms with van der Waals surface area (Å²) in [5, 5.41) is 8.46. The van der Waals surface area contributed by atoms with Gasteiger partial charge in [-0.3, -0.25) is 0 Å². The Labute approximate surface area is 57.9 Å². The minimum absolute atomic E-state index is 0.578. The molecule has 1 aliphatic heterocycles. The van der Waals surface area contributed by atoms with Gasteiger partial charge in [-0.1, -0.05) is 6.08 Å². The summed E-state index contributed by atoms with van der Waals surface area (Å²) in [6.07, 6.45) is 2.51. The third kappa shape index (κ3) is 1.75. The maximum atomic E-state index is 10.3. The summed E-state index contributed by atoms with van der Waals surface area (Å²) in [5.41, 5.74) is 0.578. The zero-order valence-corrected chi connectivity index (χ0v) is 5.78. The lowest BCUT2D eigenvalue weighted by Crippen LogP contribution is -2.05. The number of carboxylic acid groups (broad SMARTS) is 1. The number of aliphatic carboxylic acids is 1. The van der Waals surface area contributed by atoms with E-state index in [1.165, 1.54) is 0 Å². The quantitative estimate of drug-likeness (QED) is 0.599. The first-order chi connectivity index (χ1) is 4.30. The Balaban J connectivity index is 2.57. The molecule has 0 bridgehead atoms. The first kappa shape index (κ1) is 6.68. The molecule has 0 amide bonds. The van der Waals surface area contributed by atoms with Crippen molar-refractivity contribution < 1.29 is 9.90 Å². The second-order valence-corrected chi connectivity index (χ2v) is 3.01. The molecule has 3 heteroatoms. The van der Waals surface area contributed by atoms with Gasteiger partial charge in [-0.2, -0.15) is 11.8 Å². The molecule has 2 nitrogen and oxygen atoms in total. The fraction of sp³-hybridized carbons (Fsp3) is 0.500. The molecule has 0 aromatic rings. The lowest BCUT2D eigenvalue weighted by atomic mass is 10.2. The zero-order chi connectivity index (χ0) is 6.69. The van der Waals surface area contributed by atoms with Gasteiger partial charge in [0.1, 0.15) is 0 Å². The maximum absolute atomic E-state index is 10.3. The molecule has 0 aromatic carbocycles. The molecule has 1 heterocycles. The SMILES string of the molecule is O=C(O)C1=CCSCC1. The minimum Gasteiger partial charge on any atom is -0.478 e. The van der Waals surface area contributed by atoms with Gasteiger partial charge < -0.3 is 5.11 Å². The Morgan fingerprint density at radius 1 is 1.78 bits per heavy atom. The molecule has 1 N–H and O–H groups in total. The summed E-state index contributed by atoms with van der Waals surface area (Å²) in [4.78, 5) is 10.3. The van der Waals surface area contributed by atoms with Crippen LogP contribution in [0.25, 0.3) is 0 Å². The number of carbonyl (C=O) groups is 1. The Bertz CT molecular complexity index is 151. The van der Waals surface area contributed by atoms with Crippen LogP contribution in [0.5, 0.6) is 0 Å². The highest BCUT2D eigenvalue weighted by Crippen LogP contribution is 2.16. The van der Waals surface area contributed by atoms with E-state index in [2.05, 4.69) is 0 Å². The molecule has 9 heavy (non-hydrogen) atoms. The van der Waals surface area contributed by atoms with Gasteiger partial charge in [0.05, 0.1) is 0 Å². The fourth-order valence-electron chi connectivity index (χ4n) is 0.721. The molecule has 0 saturated carbocycles. The number of carboxylic acids is 1. The lowest BCUT2D eigenvalue weighted by molar-refractivity contribution is -0.132. The summed E-state index contributed by atoms with van der Waals surface area (Å²) >= 11 is 1.78. The number of thioether (sulfide) groups is 1. The van der Waals surface area contributed by atoms with Crippen LogP contribution in [0.3, 0.4) is 0 Å². The Hall–Kier alpha value is -0.440. The normalized spacial score (nSPS) is 18.9. The molecule has 0 atom stereocenters. The summed E-state index contributed by atoms with van der Waals surface area (Å²) in [5.74, 6) is 1.06. The fourth-order valence-corrected chi connectivity index (χ4v) is 1.57. The van der Waals surface area contributed by atoms with Gasteiger partial charge in [-0.05, 0) is 12.2 Å². The zero-order valence-electron chi connectivity index (χ0n) is 4.96. The van der Waals surface area contributed by atoms with Crippen molar-refractivity contribution in [2.75, 3.05) is 11.5 Å².